The molecule has 2 unspecified atom stereocenters. The Labute approximate surface area is 116 Å². The molecule has 0 fully saturated rings. The van der Waals surface area contributed by atoms with Gasteiger partial charge < -0.3 is 9.84 Å². The number of hydrogen-bond acceptors (Lipinski definition) is 4. The van der Waals surface area contributed by atoms with E-state index < -0.39 is 6.10 Å². The predicted octanol–water partition coefficient (Wildman–Crippen LogP) is 2.63. The van der Waals surface area contributed by atoms with Crippen LogP contribution in [0.25, 0.3) is 0 Å². The average Bonchev–Trinajstić information content (AvgIpc) is 2.47. The normalized spacial score (nSPS) is 16.2. The topological polar surface area (TPSA) is 45.6 Å². The summed E-state index contributed by atoms with van der Waals surface area (Å²) in [5.74, 6) is 0.641. The third-order valence-corrected chi connectivity index (χ3v) is 4.07. The Morgan fingerprint density at radius 1 is 1.37 bits per heavy atom. The SMILES string of the molecule is CCN(CC)C(C)(CC)C(O)c1ncccc1OC. The van der Waals surface area contributed by atoms with Crippen molar-refractivity contribution in [3.8, 4) is 5.75 Å². The molecule has 2 atom stereocenters. The van der Waals surface area contributed by atoms with Crippen LogP contribution in [0.2, 0.25) is 0 Å². The molecule has 0 amide bonds. The molecule has 1 aromatic rings. The molecule has 0 aliphatic carbocycles. The van der Waals surface area contributed by atoms with Gasteiger partial charge in [-0.1, -0.05) is 20.8 Å². The minimum atomic E-state index is -0.673. The molecule has 0 aliphatic rings. The second-order valence-corrected chi connectivity index (χ2v) is 4.88. The highest BCUT2D eigenvalue weighted by molar-refractivity contribution is 5.30. The molecule has 4 heteroatoms. The Kier molecular flexibility index (Phi) is 5.76. The van der Waals surface area contributed by atoms with Crippen molar-refractivity contribution in [1.29, 1.82) is 0 Å². The van der Waals surface area contributed by atoms with Crippen LogP contribution in [0.5, 0.6) is 5.75 Å². The van der Waals surface area contributed by atoms with Crippen molar-refractivity contribution in [1.82, 2.24) is 9.88 Å². The number of methoxy groups -OCH3 is 1. The summed E-state index contributed by atoms with van der Waals surface area (Å²) in [5.41, 5.74) is 0.270. The smallest absolute Gasteiger partial charge is 0.143 e. The van der Waals surface area contributed by atoms with E-state index in [2.05, 4.69) is 37.6 Å². The van der Waals surface area contributed by atoms with E-state index in [1.807, 2.05) is 12.1 Å². The molecule has 1 heterocycles. The van der Waals surface area contributed by atoms with Crippen LogP contribution in [-0.2, 0) is 0 Å². The van der Waals surface area contributed by atoms with E-state index >= 15 is 0 Å². The second kappa shape index (κ2) is 6.87. The third-order valence-electron chi connectivity index (χ3n) is 4.07. The summed E-state index contributed by atoms with van der Waals surface area (Å²) >= 11 is 0. The Morgan fingerprint density at radius 2 is 2.00 bits per heavy atom. The first-order valence-electron chi connectivity index (χ1n) is 6.97. The summed E-state index contributed by atoms with van der Waals surface area (Å²) < 4.78 is 5.31. The fraction of sp³-hybridized carbons (Fsp3) is 0.667. The van der Waals surface area contributed by atoms with Gasteiger partial charge >= 0.3 is 0 Å². The van der Waals surface area contributed by atoms with Crippen LogP contribution in [0.15, 0.2) is 18.3 Å². The molecule has 0 radical (unpaired) electrons. The first kappa shape index (κ1) is 15.9. The maximum Gasteiger partial charge on any atom is 0.143 e. The molecule has 4 nitrogen and oxygen atoms in total. The van der Waals surface area contributed by atoms with Crippen molar-refractivity contribution in [3.05, 3.63) is 24.0 Å². The van der Waals surface area contributed by atoms with Gasteiger partial charge in [0.2, 0.25) is 0 Å². The van der Waals surface area contributed by atoms with Crippen LogP contribution >= 0.6 is 0 Å². The zero-order valence-electron chi connectivity index (χ0n) is 12.7. The first-order chi connectivity index (χ1) is 9.04. The summed E-state index contributed by atoms with van der Waals surface area (Å²) in [5, 5.41) is 10.8. The second-order valence-electron chi connectivity index (χ2n) is 4.88. The highest BCUT2D eigenvalue weighted by Crippen LogP contribution is 2.36. The van der Waals surface area contributed by atoms with E-state index in [1.54, 1.807) is 13.3 Å². The molecule has 19 heavy (non-hydrogen) atoms. The zero-order valence-corrected chi connectivity index (χ0v) is 12.7. The number of nitrogens with zero attached hydrogens (tertiary/aromatic N) is 2. The number of ether oxygens (including phenoxy) is 1. The highest BCUT2D eigenvalue weighted by Gasteiger charge is 2.38. The minimum Gasteiger partial charge on any atom is -0.495 e. The summed E-state index contributed by atoms with van der Waals surface area (Å²) in [4.78, 5) is 6.58. The molecule has 1 N–H and O–H groups in total. The fourth-order valence-corrected chi connectivity index (χ4v) is 2.61. The molecule has 108 valence electrons. The fourth-order valence-electron chi connectivity index (χ4n) is 2.61. The van der Waals surface area contributed by atoms with Gasteiger partial charge in [0.15, 0.2) is 0 Å². The van der Waals surface area contributed by atoms with E-state index in [9.17, 15) is 5.11 Å². The van der Waals surface area contributed by atoms with Gasteiger partial charge in [-0.15, -0.1) is 0 Å². The van der Waals surface area contributed by atoms with Gasteiger partial charge in [-0.05, 0) is 38.6 Å². The number of likely N-dealkylation sites (N-methyl/N-ethyl adjacent to an activating group) is 1. The van der Waals surface area contributed by atoms with Crippen LogP contribution in [0.4, 0.5) is 0 Å². The quantitative estimate of drug-likeness (QED) is 0.824. The number of hydrogen-bond donors (Lipinski definition) is 1. The van der Waals surface area contributed by atoms with Crippen LogP contribution in [-0.4, -0.2) is 40.7 Å². The minimum absolute atomic E-state index is 0.342. The number of aliphatic hydroxyl groups is 1. The largest absolute Gasteiger partial charge is 0.495 e. The first-order valence-corrected chi connectivity index (χ1v) is 6.97. The van der Waals surface area contributed by atoms with E-state index in [-0.39, 0.29) is 5.54 Å². The maximum atomic E-state index is 10.8. The lowest BCUT2D eigenvalue weighted by Gasteiger charge is -2.43. The average molecular weight is 266 g/mol. The third kappa shape index (κ3) is 3.07. The lowest BCUT2D eigenvalue weighted by molar-refractivity contribution is -0.0247. The van der Waals surface area contributed by atoms with Gasteiger partial charge in [-0.25, -0.2) is 0 Å². The molecular formula is C15H26N2O2. The Morgan fingerprint density at radius 3 is 2.47 bits per heavy atom. The van der Waals surface area contributed by atoms with E-state index in [4.69, 9.17) is 4.74 Å². The zero-order chi connectivity index (χ0) is 14.5. The van der Waals surface area contributed by atoms with Crippen molar-refractivity contribution in [2.75, 3.05) is 20.2 Å². The molecule has 0 saturated heterocycles. The molecule has 1 rings (SSSR count). The van der Waals surface area contributed by atoms with E-state index in [0.29, 0.717) is 11.4 Å². The van der Waals surface area contributed by atoms with Crippen molar-refractivity contribution in [3.63, 3.8) is 0 Å². The predicted molar refractivity (Wildman–Crippen MR) is 77.4 cm³/mol. The molecule has 0 aliphatic heterocycles. The van der Waals surface area contributed by atoms with Gasteiger partial charge in [0.1, 0.15) is 17.5 Å². The highest BCUT2D eigenvalue weighted by atomic mass is 16.5. The van der Waals surface area contributed by atoms with Crippen LogP contribution < -0.4 is 4.74 Å². The Hall–Kier alpha value is -1.13. The lowest BCUT2D eigenvalue weighted by Crippen LogP contribution is -2.50. The van der Waals surface area contributed by atoms with Crippen molar-refractivity contribution < 1.29 is 9.84 Å². The van der Waals surface area contributed by atoms with E-state index in [0.717, 1.165) is 19.5 Å². The molecule has 1 aromatic heterocycles. The lowest BCUT2D eigenvalue weighted by atomic mass is 9.86. The number of pyridine rings is 1. The number of rotatable bonds is 7. The molecule has 0 bridgehead atoms. The molecule has 0 spiro atoms. The summed E-state index contributed by atoms with van der Waals surface area (Å²) in [6.45, 7) is 10.2. The van der Waals surface area contributed by atoms with Crippen LogP contribution in [0.1, 0.15) is 45.9 Å². The van der Waals surface area contributed by atoms with Gasteiger partial charge in [0.25, 0.3) is 0 Å². The summed E-state index contributed by atoms with van der Waals surface area (Å²) in [7, 11) is 1.61. The van der Waals surface area contributed by atoms with Crippen LogP contribution in [0, 0.1) is 0 Å². The summed E-state index contributed by atoms with van der Waals surface area (Å²) in [6, 6.07) is 3.65. The molecule has 0 aromatic carbocycles. The van der Waals surface area contributed by atoms with E-state index in [1.165, 1.54) is 0 Å². The maximum absolute atomic E-state index is 10.8. The molecular weight excluding hydrogens is 240 g/mol. The van der Waals surface area contributed by atoms with Gasteiger partial charge in [-0.3, -0.25) is 9.88 Å². The molecule has 0 saturated carbocycles. The van der Waals surface area contributed by atoms with Gasteiger partial charge in [0, 0.05) is 11.7 Å². The van der Waals surface area contributed by atoms with Crippen LogP contribution in [0.3, 0.4) is 0 Å². The number of aliphatic hydroxyl groups excluding tert-OH is 1. The Balaban J connectivity index is 3.17. The van der Waals surface area contributed by atoms with Crippen molar-refractivity contribution in [2.45, 2.75) is 45.8 Å². The summed E-state index contributed by atoms with van der Waals surface area (Å²) in [6.07, 6.45) is 1.86. The van der Waals surface area contributed by atoms with Crippen molar-refractivity contribution in [2.24, 2.45) is 0 Å². The number of aromatic nitrogens is 1. The Bertz CT molecular complexity index is 393. The standard InChI is InChI=1S/C15H26N2O2/c1-6-15(4,17(7-2)8-3)14(18)13-12(19-5)10-9-11-16-13/h9-11,14,18H,6-8H2,1-5H3. The van der Waals surface area contributed by atoms with Gasteiger partial charge in [0.05, 0.1) is 7.11 Å². The monoisotopic (exact) mass is 266 g/mol. The van der Waals surface area contributed by atoms with Crippen molar-refractivity contribution >= 4 is 0 Å². The van der Waals surface area contributed by atoms with Gasteiger partial charge in [-0.2, -0.15) is 0 Å².